The van der Waals surface area contributed by atoms with Crippen LogP contribution in [0, 0.1) is 16.0 Å². The zero-order chi connectivity index (χ0) is 19.4. The van der Waals surface area contributed by atoms with E-state index in [-0.39, 0.29) is 29.0 Å². The van der Waals surface area contributed by atoms with E-state index in [2.05, 4.69) is 5.32 Å². The van der Waals surface area contributed by atoms with Crippen LogP contribution in [0.3, 0.4) is 0 Å². The fraction of sp³-hybridized carbons (Fsp3) is 0.263. The molecule has 27 heavy (non-hydrogen) atoms. The highest BCUT2D eigenvalue weighted by molar-refractivity contribution is 5.96. The number of hydrogen-bond acceptors (Lipinski definition) is 5. The molecule has 0 aromatic heterocycles. The lowest BCUT2D eigenvalue weighted by Crippen LogP contribution is -2.41. The van der Waals surface area contributed by atoms with E-state index in [1.54, 1.807) is 23.1 Å². The summed E-state index contributed by atoms with van der Waals surface area (Å²) in [6.07, 6.45) is 1.02. The molecule has 2 aromatic carbocycles. The van der Waals surface area contributed by atoms with Crippen LogP contribution in [0.1, 0.15) is 23.2 Å². The number of anilines is 2. The second-order valence-corrected chi connectivity index (χ2v) is 6.45. The van der Waals surface area contributed by atoms with Crippen LogP contribution in [0.25, 0.3) is 0 Å². The molecule has 1 saturated heterocycles. The van der Waals surface area contributed by atoms with Crippen LogP contribution in [-0.4, -0.2) is 34.7 Å². The average molecular weight is 368 g/mol. The number of nitro benzene ring substituents is 1. The van der Waals surface area contributed by atoms with Gasteiger partial charge in [-0.25, -0.2) is 0 Å². The van der Waals surface area contributed by atoms with Crippen molar-refractivity contribution in [2.24, 2.45) is 11.7 Å². The summed E-state index contributed by atoms with van der Waals surface area (Å²) >= 11 is 0. The molecule has 1 aliphatic rings. The molecule has 1 aliphatic heterocycles. The smallest absolute Gasteiger partial charge is 0.293 e. The normalized spacial score (nSPS) is 14.6. The van der Waals surface area contributed by atoms with Crippen LogP contribution >= 0.6 is 0 Å². The Labute approximate surface area is 156 Å². The summed E-state index contributed by atoms with van der Waals surface area (Å²) in [5, 5.41) is 14.5. The molecular formula is C19H20N4O4. The molecule has 0 aliphatic carbocycles. The van der Waals surface area contributed by atoms with Gasteiger partial charge in [0, 0.05) is 36.3 Å². The fourth-order valence-electron chi connectivity index (χ4n) is 3.15. The molecule has 2 amide bonds. The fourth-order valence-corrected chi connectivity index (χ4v) is 3.15. The van der Waals surface area contributed by atoms with Gasteiger partial charge in [0.2, 0.25) is 5.91 Å². The van der Waals surface area contributed by atoms with Crippen LogP contribution < -0.4 is 11.1 Å². The van der Waals surface area contributed by atoms with Crippen molar-refractivity contribution in [3.63, 3.8) is 0 Å². The highest BCUT2D eigenvalue weighted by atomic mass is 16.6. The molecule has 0 unspecified atom stereocenters. The number of carbonyl (C=O) groups excluding carboxylic acids is 2. The van der Waals surface area contributed by atoms with E-state index in [1.165, 1.54) is 12.1 Å². The molecule has 2 aromatic rings. The quantitative estimate of drug-likeness (QED) is 0.621. The zero-order valence-corrected chi connectivity index (χ0v) is 14.6. The van der Waals surface area contributed by atoms with E-state index < -0.39 is 4.92 Å². The Morgan fingerprint density at radius 1 is 1.11 bits per heavy atom. The Kier molecular flexibility index (Phi) is 5.35. The van der Waals surface area contributed by atoms with E-state index in [4.69, 9.17) is 5.73 Å². The van der Waals surface area contributed by atoms with Gasteiger partial charge < -0.3 is 16.0 Å². The minimum absolute atomic E-state index is 0.170. The number of carbonyl (C=O) groups is 2. The molecule has 1 heterocycles. The lowest BCUT2D eigenvalue weighted by molar-refractivity contribution is -0.383. The third-order valence-corrected chi connectivity index (χ3v) is 4.68. The van der Waals surface area contributed by atoms with Crippen LogP contribution in [0.2, 0.25) is 0 Å². The van der Waals surface area contributed by atoms with E-state index >= 15 is 0 Å². The van der Waals surface area contributed by atoms with E-state index in [9.17, 15) is 19.7 Å². The van der Waals surface area contributed by atoms with Gasteiger partial charge >= 0.3 is 0 Å². The molecule has 3 N–H and O–H groups in total. The Hall–Kier alpha value is -3.42. The first-order valence-corrected chi connectivity index (χ1v) is 8.65. The number of nitrogens with one attached hydrogen (secondary N) is 1. The molecule has 0 atom stereocenters. The maximum atomic E-state index is 12.7. The maximum Gasteiger partial charge on any atom is 0.293 e. The Balaban J connectivity index is 1.78. The Morgan fingerprint density at radius 2 is 1.78 bits per heavy atom. The third-order valence-electron chi connectivity index (χ3n) is 4.68. The number of likely N-dealkylation sites (tertiary alicyclic amines) is 1. The van der Waals surface area contributed by atoms with Crippen molar-refractivity contribution < 1.29 is 14.5 Å². The highest BCUT2D eigenvalue weighted by Gasteiger charge is 2.27. The number of hydrogen-bond donors (Lipinski definition) is 2. The summed E-state index contributed by atoms with van der Waals surface area (Å²) < 4.78 is 0. The number of rotatable bonds is 5. The minimum atomic E-state index is -0.513. The molecular weight excluding hydrogens is 348 g/mol. The van der Waals surface area contributed by atoms with Gasteiger partial charge in [-0.3, -0.25) is 19.7 Å². The van der Waals surface area contributed by atoms with Crippen molar-refractivity contribution in [3.8, 4) is 0 Å². The van der Waals surface area contributed by atoms with Gasteiger partial charge in [0.25, 0.3) is 11.6 Å². The monoisotopic (exact) mass is 368 g/mol. The third kappa shape index (κ3) is 4.22. The van der Waals surface area contributed by atoms with E-state index in [0.29, 0.717) is 37.3 Å². The van der Waals surface area contributed by atoms with Gasteiger partial charge in [0.15, 0.2) is 0 Å². The van der Waals surface area contributed by atoms with Crippen LogP contribution in [-0.2, 0) is 4.79 Å². The lowest BCUT2D eigenvalue weighted by atomic mass is 9.96. The number of amides is 2. The number of piperidine rings is 1. The number of primary amides is 1. The minimum Gasteiger partial charge on any atom is -0.369 e. The van der Waals surface area contributed by atoms with Gasteiger partial charge in [-0.1, -0.05) is 18.2 Å². The average Bonchev–Trinajstić information content (AvgIpc) is 2.68. The first-order valence-electron chi connectivity index (χ1n) is 8.65. The van der Waals surface area contributed by atoms with Crippen molar-refractivity contribution in [1.82, 2.24) is 4.90 Å². The Bertz CT molecular complexity index is 861. The van der Waals surface area contributed by atoms with E-state index in [0.717, 1.165) is 0 Å². The SMILES string of the molecule is NC(=O)C1CCN(C(=O)c2ccc(Nc3ccccc3)c([N+](=O)[O-])c2)CC1. The number of nitrogens with two attached hydrogens (primary N) is 1. The summed E-state index contributed by atoms with van der Waals surface area (Å²) in [5.74, 6) is -0.859. The predicted molar refractivity (Wildman–Crippen MR) is 101 cm³/mol. The van der Waals surface area contributed by atoms with Crippen molar-refractivity contribution >= 4 is 28.9 Å². The summed E-state index contributed by atoms with van der Waals surface area (Å²) in [7, 11) is 0. The summed E-state index contributed by atoms with van der Waals surface area (Å²) in [4.78, 5) is 36.5. The zero-order valence-electron chi connectivity index (χ0n) is 14.6. The van der Waals surface area contributed by atoms with Crippen molar-refractivity contribution in [2.75, 3.05) is 18.4 Å². The number of nitro groups is 1. The second kappa shape index (κ2) is 7.86. The molecule has 8 nitrogen and oxygen atoms in total. The second-order valence-electron chi connectivity index (χ2n) is 6.45. The maximum absolute atomic E-state index is 12.7. The molecule has 0 saturated carbocycles. The number of para-hydroxylation sites is 1. The van der Waals surface area contributed by atoms with Gasteiger partial charge in [-0.05, 0) is 37.1 Å². The van der Waals surface area contributed by atoms with Crippen LogP contribution in [0.4, 0.5) is 17.1 Å². The van der Waals surface area contributed by atoms with E-state index in [1.807, 2.05) is 18.2 Å². The first kappa shape index (κ1) is 18.4. The van der Waals surface area contributed by atoms with Gasteiger partial charge in [-0.15, -0.1) is 0 Å². The summed E-state index contributed by atoms with van der Waals surface area (Å²) in [6.45, 7) is 0.814. The van der Waals surface area contributed by atoms with Gasteiger partial charge in [-0.2, -0.15) is 0 Å². The molecule has 0 spiro atoms. The standard InChI is InChI=1S/C19H20N4O4/c20-18(24)13-8-10-22(11-9-13)19(25)14-6-7-16(17(12-14)23(26)27)21-15-4-2-1-3-5-15/h1-7,12-13,21H,8-11H2,(H2,20,24). The Morgan fingerprint density at radius 3 is 2.37 bits per heavy atom. The molecule has 3 rings (SSSR count). The topological polar surface area (TPSA) is 119 Å². The molecule has 0 radical (unpaired) electrons. The number of benzene rings is 2. The summed E-state index contributed by atoms with van der Waals surface area (Å²) in [6, 6.07) is 13.5. The molecule has 140 valence electrons. The predicted octanol–water partition coefficient (Wildman–Crippen LogP) is 2.68. The number of nitrogens with zero attached hydrogens (tertiary/aromatic N) is 2. The molecule has 0 bridgehead atoms. The highest BCUT2D eigenvalue weighted by Crippen LogP contribution is 2.29. The lowest BCUT2D eigenvalue weighted by Gasteiger charge is -2.30. The van der Waals surface area contributed by atoms with Crippen LogP contribution in [0.15, 0.2) is 48.5 Å². The summed E-state index contributed by atoms with van der Waals surface area (Å²) in [5.41, 5.74) is 6.42. The first-order chi connectivity index (χ1) is 13.0. The van der Waals surface area contributed by atoms with Gasteiger partial charge in [0.1, 0.15) is 5.69 Å². The van der Waals surface area contributed by atoms with Crippen molar-refractivity contribution in [2.45, 2.75) is 12.8 Å². The van der Waals surface area contributed by atoms with Crippen LogP contribution in [0.5, 0.6) is 0 Å². The largest absolute Gasteiger partial charge is 0.369 e. The van der Waals surface area contributed by atoms with Gasteiger partial charge in [0.05, 0.1) is 4.92 Å². The van der Waals surface area contributed by atoms with Crippen molar-refractivity contribution in [1.29, 1.82) is 0 Å². The van der Waals surface area contributed by atoms with Crippen molar-refractivity contribution in [3.05, 3.63) is 64.2 Å². The molecule has 8 heteroatoms. The molecule has 1 fully saturated rings.